The van der Waals surface area contributed by atoms with Gasteiger partial charge in [-0.1, -0.05) is 12.1 Å². The van der Waals surface area contributed by atoms with E-state index in [0.29, 0.717) is 6.54 Å². The van der Waals surface area contributed by atoms with Crippen molar-refractivity contribution in [3.63, 3.8) is 0 Å². The third-order valence-corrected chi connectivity index (χ3v) is 2.76. The lowest BCUT2D eigenvalue weighted by Crippen LogP contribution is -2.34. The molecule has 1 aliphatic rings. The van der Waals surface area contributed by atoms with Crippen LogP contribution in [-0.2, 0) is 4.79 Å². The summed E-state index contributed by atoms with van der Waals surface area (Å²) in [6.45, 7) is 0.665. The van der Waals surface area contributed by atoms with Crippen molar-refractivity contribution < 1.29 is 14.3 Å². The van der Waals surface area contributed by atoms with E-state index in [0.717, 1.165) is 12.0 Å². The lowest BCUT2D eigenvalue weighted by Gasteiger charge is -2.15. The Morgan fingerprint density at radius 2 is 2.25 bits per heavy atom. The van der Waals surface area contributed by atoms with Gasteiger partial charge in [-0.2, -0.15) is 0 Å². The van der Waals surface area contributed by atoms with Gasteiger partial charge in [-0.15, -0.1) is 12.4 Å². The van der Waals surface area contributed by atoms with E-state index in [9.17, 15) is 9.18 Å². The number of carbonyl (C=O) groups is 1. The molecule has 1 aromatic rings. The highest BCUT2D eigenvalue weighted by Crippen LogP contribution is 2.28. The highest BCUT2D eigenvalue weighted by Gasteiger charge is 2.33. The summed E-state index contributed by atoms with van der Waals surface area (Å²) < 4.78 is 13.0. The number of rotatable bonds is 2. The molecule has 1 fully saturated rings. The van der Waals surface area contributed by atoms with E-state index in [2.05, 4.69) is 5.32 Å². The SMILES string of the molecule is Cl.O=C(O)C1NCCC1c1cccc(F)c1. The third-order valence-electron chi connectivity index (χ3n) is 2.76. The van der Waals surface area contributed by atoms with E-state index >= 15 is 0 Å². The maximum atomic E-state index is 13.0. The molecule has 1 aromatic carbocycles. The third kappa shape index (κ3) is 2.51. The highest BCUT2D eigenvalue weighted by molar-refractivity contribution is 5.85. The summed E-state index contributed by atoms with van der Waals surface area (Å²) in [5, 5.41) is 11.9. The number of hydrogen-bond donors (Lipinski definition) is 2. The lowest BCUT2D eigenvalue weighted by atomic mass is 9.92. The Balaban J connectivity index is 0.00000128. The monoisotopic (exact) mass is 245 g/mol. The summed E-state index contributed by atoms with van der Waals surface area (Å²) in [4.78, 5) is 10.9. The first-order valence-electron chi connectivity index (χ1n) is 4.90. The Kier molecular flexibility index (Phi) is 4.26. The topological polar surface area (TPSA) is 49.3 Å². The van der Waals surface area contributed by atoms with Crippen molar-refractivity contribution in [2.24, 2.45) is 0 Å². The maximum Gasteiger partial charge on any atom is 0.321 e. The molecule has 16 heavy (non-hydrogen) atoms. The number of halogens is 2. The van der Waals surface area contributed by atoms with E-state index in [1.165, 1.54) is 12.1 Å². The average Bonchev–Trinajstić information content (AvgIpc) is 2.65. The summed E-state index contributed by atoms with van der Waals surface area (Å²) >= 11 is 0. The number of carboxylic acids is 1. The molecule has 0 aromatic heterocycles. The zero-order valence-electron chi connectivity index (χ0n) is 8.52. The lowest BCUT2D eigenvalue weighted by molar-refractivity contribution is -0.139. The second kappa shape index (κ2) is 5.27. The molecule has 0 aliphatic carbocycles. The Hall–Kier alpha value is -1.13. The van der Waals surface area contributed by atoms with Crippen molar-refractivity contribution in [3.05, 3.63) is 35.6 Å². The molecule has 1 aliphatic heterocycles. The van der Waals surface area contributed by atoms with Crippen LogP contribution in [0.4, 0.5) is 4.39 Å². The van der Waals surface area contributed by atoms with Crippen LogP contribution < -0.4 is 5.32 Å². The van der Waals surface area contributed by atoms with Crippen molar-refractivity contribution in [3.8, 4) is 0 Å². The Morgan fingerprint density at radius 1 is 1.50 bits per heavy atom. The summed E-state index contributed by atoms with van der Waals surface area (Å²) in [5.41, 5.74) is 0.757. The normalized spacial score (nSPS) is 23.8. The summed E-state index contributed by atoms with van der Waals surface area (Å²) in [6.07, 6.45) is 0.737. The minimum absolute atomic E-state index is 0. The van der Waals surface area contributed by atoms with Crippen molar-refractivity contribution in [2.45, 2.75) is 18.4 Å². The van der Waals surface area contributed by atoms with Gasteiger partial charge in [0.25, 0.3) is 0 Å². The molecule has 3 nitrogen and oxygen atoms in total. The first kappa shape index (κ1) is 12.9. The van der Waals surface area contributed by atoms with Crippen LogP contribution in [0.5, 0.6) is 0 Å². The van der Waals surface area contributed by atoms with Gasteiger partial charge in [-0.25, -0.2) is 4.39 Å². The first-order chi connectivity index (χ1) is 7.18. The predicted octanol–water partition coefficient (Wildman–Crippen LogP) is 1.78. The Morgan fingerprint density at radius 3 is 2.88 bits per heavy atom. The number of benzene rings is 1. The Labute approximate surface area is 99.1 Å². The van der Waals surface area contributed by atoms with Gasteiger partial charge in [-0.3, -0.25) is 4.79 Å². The van der Waals surface area contributed by atoms with Gasteiger partial charge in [0.15, 0.2) is 0 Å². The predicted molar refractivity (Wildman–Crippen MR) is 60.4 cm³/mol. The van der Waals surface area contributed by atoms with Crippen molar-refractivity contribution in [2.75, 3.05) is 6.54 Å². The average molecular weight is 246 g/mol. The summed E-state index contributed by atoms with van der Waals surface area (Å²) in [6, 6.07) is 5.57. The van der Waals surface area contributed by atoms with Gasteiger partial charge in [-0.05, 0) is 30.7 Å². The number of nitrogens with one attached hydrogen (secondary N) is 1. The largest absolute Gasteiger partial charge is 0.480 e. The number of aliphatic carboxylic acids is 1. The molecule has 88 valence electrons. The van der Waals surface area contributed by atoms with Crippen LogP contribution in [0.25, 0.3) is 0 Å². The quantitative estimate of drug-likeness (QED) is 0.835. The molecule has 0 spiro atoms. The highest BCUT2D eigenvalue weighted by atomic mass is 35.5. The second-order valence-corrected chi connectivity index (χ2v) is 3.72. The molecule has 5 heteroatoms. The fourth-order valence-corrected chi connectivity index (χ4v) is 2.06. The molecule has 0 bridgehead atoms. The van der Waals surface area contributed by atoms with Gasteiger partial charge in [0.05, 0.1) is 0 Å². The standard InChI is InChI=1S/C11H12FNO2.ClH/c12-8-3-1-2-7(6-8)9-4-5-13-10(9)11(14)15;/h1-3,6,9-10,13H,4-5H2,(H,14,15);1H. The van der Waals surface area contributed by atoms with Crippen LogP contribution in [-0.4, -0.2) is 23.7 Å². The van der Waals surface area contributed by atoms with Gasteiger partial charge in [0.1, 0.15) is 11.9 Å². The molecule has 1 saturated heterocycles. The smallest absolute Gasteiger partial charge is 0.321 e. The minimum atomic E-state index is -0.873. The molecular weight excluding hydrogens is 233 g/mol. The summed E-state index contributed by atoms with van der Waals surface area (Å²) in [5.74, 6) is -1.32. The Bertz CT molecular complexity index is 386. The molecule has 2 atom stereocenters. The fraction of sp³-hybridized carbons (Fsp3) is 0.364. The van der Waals surface area contributed by atoms with Crippen LogP contribution in [0.2, 0.25) is 0 Å². The van der Waals surface area contributed by atoms with E-state index in [4.69, 9.17) is 5.11 Å². The molecule has 2 rings (SSSR count). The van der Waals surface area contributed by atoms with E-state index in [1.807, 2.05) is 0 Å². The van der Waals surface area contributed by atoms with Crippen molar-refractivity contribution >= 4 is 18.4 Å². The van der Waals surface area contributed by atoms with Gasteiger partial charge >= 0.3 is 5.97 Å². The van der Waals surface area contributed by atoms with E-state index < -0.39 is 12.0 Å². The van der Waals surface area contributed by atoms with Crippen molar-refractivity contribution in [1.29, 1.82) is 0 Å². The minimum Gasteiger partial charge on any atom is -0.480 e. The zero-order chi connectivity index (χ0) is 10.8. The van der Waals surface area contributed by atoms with Crippen LogP contribution >= 0.6 is 12.4 Å². The van der Waals surface area contributed by atoms with Crippen LogP contribution in [0, 0.1) is 5.82 Å². The molecule has 0 amide bonds. The van der Waals surface area contributed by atoms with Crippen LogP contribution in [0.15, 0.2) is 24.3 Å². The van der Waals surface area contributed by atoms with Crippen LogP contribution in [0.3, 0.4) is 0 Å². The molecule has 2 N–H and O–H groups in total. The molecule has 1 heterocycles. The fourth-order valence-electron chi connectivity index (χ4n) is 2.06. The second-order valence-electron chi connectivity index (χ2n) is 3.72. The van der Waals surface area contributed by atoms with Gasteiger partial charge in [0, 0.05) is 5.92 Å². The zero-order valence-corrected chi connectivity index (χ0v) is 9.34. The molecule has 0 saturated carbocycles. The number of hydrogen-bond acceptors (Lipinski definition) is 2. The van der Waals surface area contributed by atoms with Crippen molar-refractivity contribution in [1.82, 2.24) is 5.32 Å². The maximum absolute atomic E-state index is 13.0. The molecule has 0 radical (unpaired) electrons. The van der Waals surface area contributed by atoms with Crippen LogP contribution in [0.1, 0.15) is 17.9 Å². The van der Waals surface area contributed by atoms with Gasteiger partial charge < -0.3 is 10.4 Å². The first-order valence-corrected chi connectivity index (χ1v) is 4.90. The van der Waals surface area contributed by atoms with E-state index in [-0.39, 0.29) is 24.1 Å². The van der Waals surface area contributed by atoms with E-state index in [1.54, 1.807) is 12.1 Å². The number of carboxylic acid groups (broad SMARTS) is 1. The molecular formula is C11H13ClFNO2. The van der Waals surface area contributed by atoms with Gasteiger partial charge in [0.2, 0.25) is 0 Å². The summed E-state index contributed by atoms with van der Waals surface area (Å²) in [7, 11) is 0. The molecule has 2 unspecified atom stereocenters.